The predicted molar refractivity (Wildman–Crippen MR) is 161 cm³/mol. The van der Waals surface area contributed by atoms with E-state index >= 15 is 0 Å². The molecule has 0 radical (unpaired) electrons. The van der Waals surface area contributed by atoms with Gasteiger partial charge in [-0.25, -0.2) is 4.68 Å². The summed E-state index contributed by atoms with van der Waals surface area (Å²) in [4.78, 5) is 25.1. The van der Waals surface area contributed by atoms with Gasteiger partial charge in [-0.3, -0.25) is 14.7 Å². The highest BCUT2D eigenvalue weighted by Gasteiger charge is 2.15. The third kappa shape index (κ3) is 9.26. The molecule has 0 bridgehead atoms. The summed E-state index contributed by atoms with van der Waals surface area (Å²) in [5, 5.41) is 10.2. The Bertz CT molecular complexity index is 1250. The molecule has 0 spiro atoms. The van der Waals surface area contributed by atoms with Gasteiger partial charge in [0.25, 0.3) is 5.56 Å². The van der Waals surface area contributed by atoms with Crippen molar-refractivity contribution < 1.29 is 4.79 Å². The SMILES string of the molecule is CCCCCCCCCCCCC(=O)Nc1ccc(Cl)c(Nc2cc(=O)n(-c3c(Cl)cc(Cl)cc3Cl)[nH]2)c1. The van der Waals surface area contributed by atoms with Crippen LogP contribution >= 0.6 is 46.4 Å². The number of halogens is 4. The van der Waals surface area contributed by atoms with Crippen LogP contribution in [-0.2, 0) is 4.79 Å². The number of aromatic nitrogens is 2. The quantitative estimate of drug-likeness (QED) is 0.152. The molecule has 1 aromatic heterocycles. The van der Waals surface area contributed by atoms with Crippen molar-refractivity contribution in [2.45, 2.75) is 77.6 Å². The first-order valence-electron chi connectivity index (χ1n) is 13.1. The molecular formula is C28H34Cl4N4O2. The van der Waals surface area contributed by atoms with E-state index in [9.17, 15) is 9.59 Å². The zero-order valence-electron chi connectivity index (χ0n) is 21.5. The van der Waals surface area contributed by atoms with Gasteiger partial charge in [0.1, 0.15) is 11.5 Å². The first kappa shape index (κ1) is 30.4. The Morgan fingerprint density at radius 2 is 1.42 bits per heavy atom. The van der Waals surface area contributed by atoms with Crippen LogP contribution in [0.2, 0.25) is 20.1 Å². The van der Waals surface area contributed by atoms with Crippen molar-refractivity contribution in [2.24, 2.45) is 0 Å². The monoisotopic (exact) mass is 598 g/mol. The van der Waals surface area contributed by atoms with Crippen molar-refractivity contribution in [1.82, 2.24) is 9.78 Å². The Labute approximate surface area is 244 Å². The first-order valence-corrected chi connectivity index (χ1v) is 14.6. The number of carbonyl (C=O) groups is 1. The second-order valence-electron chi connectivity index (χ2n) is 9.36. The molecule has 0 fully saturated rings. The van der Waals surface area contributed by atoms with E-state index in [-0.39, 0.29) is 27.2 Å². The number of carbonyl (C=O) groups excluding carboxylic acids is 1. The summed E-state index contributed by atoms with van der Waals surface area (Å²) in [5.41, 5.74) is 1.04. The van der Waals surface area contributed by atoms with Gasteiger partial charge in [0, 0.05) is 23.2 Å². The van der Waals surface area contributed by atoms with Gasteiger partial charge in [-0.15, -0.1) is 0 Å². The lowest BCUT2D eigenvalue weighted by Crippen LogP contribution is -2.14. The van der Waals surface area contributed by atoms with Crippen molar-refractivity contribution in [3.63, 3.8) is 0 Å². The molecule has 10 heteroatoms. The Kier molecular flexibility index (Phi) is 12.4. The summed E-state index contributed by atoms with van der Waals surface area (Å²) in [6.45, 7) is 2.23. The van der Waals surface area contributed by atoms with Crippen LogP contribution in [0.3, 0.4) is 0 Å². The second kappa shape index (κ2) is 15.5. The molecule has 0 saturated heterocycles. The second-order valence-corrected chi connectivity index (χ2v) is 11.0. The number of unbranched alkanes of at least 4 members (excludes halogenated alkanes) is 9. The maximum Gasteiger partial charge on any atom is 0.273 e. The van der Waals surface area contributed by atoms with Gasteiger partial charge in [-0.1, -0.05) is 111 Å². The summed E-state index contributed by atoms with van der Waals surface area (Å²) < 4.78 is 1.22. The van der Waals surface area contributed by atoms with Gasteiger partial charge in [-0.05, 0) is 36.8 Å². The highest BCUT2D eigenvalue weighted by atomic mass is 35.5. The van der Waals surface area contributed by atoms with Crippen LogP contribution in [0.4, 0.5) is 17.2 Å². The molecule has 38 heavy (non-hydrogen) atoms. The van der Waals surface area contributed by atoms with Crippen LogP contribution in [0.5, 0.6) is 0 Å². The van der Waals surface area contributed by atoms with Crippen LogP contribution < -0.4 is 16.2 Å². The number of benzene rings is 2. The Hall–Kier alpha value is -2.12. The van der Waals surface area contributed by atoms with Gasteiger partial charge in [0.05, 0.1) is 20.8 Å². The normalized spacial score (nSPS) is 11.1. The fourth-order valence-electron chi connectivity index (χ4n) is 4.21. The lowest BCUT2D eigenvalue weighted by Gasteiger charge is -2.11. The van der Waals surface area contributed by atoms with E-state index in [1.165, 1.54) is 74.2 Å². The van der Waals surface area contributed by atoms with Crippen LogP contribution in [0.25, 0.3) is 5.69 Å². The molecule has 0 aliphatic rings. The topological polar surface area (TPSA) is 78.9 Å². The van der Waals surface area contributed by atoms with Crippen molar-refractivity contribution in [3.05, 3.63) is 66.8 Å². The molecule has 206 valence electrons. The molecule has 0 unspecified atom stereocenters. The number of nitrogens with zero attached hydrogens (tertiary/aromatic N) is 1. The van der Waals surface area contributed by atoms with E-state index in [4.69, 9.17) is 46.4 Å². The van der Waals surface area contributed by atoms with E-state index in [2.05, 4.69) is 22.7 Å². The maximum absolute atomic E-state index is 12.6. The van der Waals surface area contributed by atoms with Crippen molar-refractivity contribution >= 4 is 69.5 Å². The Morgan fingerprint density at radius 3 is 2.05 bits per heavy atom. The number of aromatic amines is 1. The predicted octanol–water partition coefficient (Wildman–Crippen LogP) is 9.77. The molecule has 0 aliphatic carbocycles. The summed E-state index contributed by atoms with van der Waals surface area (Å²) in [6, 6.07) is 9.50. The minimum absolute atomic E-state index is 0.0376. The van der Waals surface area contributed by atoms with E-state index < -0.39 is 0 Å². The molecule has 6 nitrogen and oxygen atoms in total. The number of hydrogen-bond donors (Lipinski definition) is 3. The van der Waals surface area contributed by atoms with Crippen LogP contribution in [0.15, 0.2) is 41.2 Å². The van der Waals surface area contributed by atoms with Crippen LogP contribution in [0.1, 0.15) is 77.6 Å². The zero-order valence-corrected chi connectivity index (χ0v) is 24.5. The lowest BCUT2D eigenvalue weighted by atomic mass is 10.1. The van der Waals surface area contributed by atoms with E-state index in [1.54, 1.807) is 18.2 Å². The smallest absolute Gasteiger partial charge is 0.273 e. The van der Waals surface area contributed by atoms with Gasteiger partial charge in [0.2, 0.25) is 5.91 Å². The van der Waals surface area contributed by atoms with Gasteiger partial charge in [-0.2, -0.15) is 0 Å². The molecule has 1 heterocycles. The molecule has 3 N–H and O–H groups in total. The average Bonchev–Trinajstić information content (AvgIpc) is 3.21. The van der Waals surface area contributed by atoms with Gasteiger partial charge < -0.3 is 10.6 Å². The molecular weight excluding hydrogens is 566 g/mol. The van der Waals surface area contributed by atoms with Crippen molar-refractivity contribution in [1.29, 1.82) is 0 Å². The van der Waals surface area contributed by atoms with Crippen LogP contribution in [-0.4, -0.2) is 15.7 Å². The molecule has 0 atom stereocenters. The highest BCUT2D eigenvalue weighted by molar-refractivity contribution is 6.40. The number of rotatable bonds is 15. The summed E-state index contributed by atoms with van der Waals surface area (Å²) >= 11 is 24.9. The van der Waals surface area contributed by atoms with Crippen LogP contribution in [0, 0.1) is 0 Å². The largest absolute Gasteiger partial charge is 0.339 e. The van der Waals surface area contributed by atoms with E-state index in [1.807, 2.05) is 0 Å². The third-order valence-electron chi connectivity index (χ3n) is 6.20. The van der Waals surface area contributed by atoms with Gasteiger partial charge >= 0.3 is 0 Å². The van der Waals surface area contributed by atoms with E-state index in [0.29, 0.717) is 33.7 Å². The van der Waals surface area contributed by atoms with Gasteiger partial charge in [0.15, 0.2) is 0 Å². The molecule has 1 amide bonds. The molecule has 2 aromatic carbocycles. The number of amides is 1. The summed E-state index contributed by atoms with van der Waals surface area (Å²) in [7, 11) is 0. The van der Waals surface area contributed by atoms with Crippen molar-refractivity contribution in [3.8, 4) is 5.69 Å². The first-order chi connectivity index (χ1) is 18.3. The maximum atomic E-state index is 12.6. The van der Waals surface area contributed by atoms with Crippen molar-refractivity contribution in [2.75, 3.05) is 10.6 Å². The van der Waals surface area contributed by atoms with E-state index in [0.717, 1.165) is 12.8 Å². The highest BCUT2D eigenvalue weighted by Crippen LogP contribution is 2.32. The average molecular weight is 600 g/mol. The number of H-pyrrole nitrogens is 1. The summed E-state index contributed by atoms with van der Waals surface area (Å²) in [6.07, 6.45) is 12.7. The fraction of sp³-hybridized carbons (Fsp3) is 0.429. The lowest BCUT2D eigenvalue weighted by molar-refractivity contribution is -0.116. The zero-order chi connectivity index (χ0) is 27.5. The number of hydrogen-bond acceptors (Lipinski definition) is 3. The molecule has 0 saturated carbocycles. The molecule has 3 aromatic rings. The Balaban J connectivity index is 1.51. The number of nitrogens with one attached hydrogen (secondary N) is 3. The fourth-order valence-corrected chi connectivity index (χ4v) is 5.37. The molecule has 0 aliphatic heterocycles. The minimum atomic E-state index is -0.379. The number of anilines is 3. The summed E-state index contributed by atoms with van der Waals surface area (Å²) in [5.74, 6) is 0.331. The Morgan fingerprint density at radius 1 is 0.816 bits per heavy atom. The molecule has 3 rings (SSSR count). The third-order valence-corrected chi connectivity index (χ3v) is 7.33. The standard InChI is InChI=1S/C28H34Cl4N4O2/c1-2-3-4-5-6-7-8-9-10-11-12-26(37)33-20-13-14-21(30)24(17-20)34-25-18-27(38)36(35-25)28-22(31)15-19(29)16-23(28)32/h13-18,34-35H,2-12H2,1H3,(H,33,37). The minimum Gasteiger partial charge on any atom is -0.339 e.